The van der Waals surface area contributed by atoms with E-state index in [0.29, 0.717) is 23.6 Å². The van der Waals surface area contributed by atoms with Crippen LogP contribution in [-0.4, -0.2) is 16.7 Å². The average molecular weight is 573 g/mol. The number of nitrogens with one attached hydrogen (secondary N) is 1. The lowest BCUT2D eigenvalue weighted by molar-refractivity contribution is -0.119. The van der Waals surface area contributed by atoms with E-state index in [2.05, 4.69) is 43.4 Å². The van der Waals surface area contributed by atoms with Gasteiger partial charge in [0, 0.05) is 40.4 Å². The Morgan fingerprint density at radius 2 is 1.73 bits per heavy atom. The monoisotopic (exact) mass is 572 g/mol. The molecule has 1 unspecified atom stereocenters. The van der Waals surface area contributed by atoms with Crippen molar-refractivity contribution in [2.45, 2.75) is 71.1 Å². The van der Waals surface area contributed by atoms with Crippen LogP contribution in [0.5, 0.6) is 0 Å². The van der Waals surface area contributed by atoms with Gasteiger partial charge < -0.3 is 5.32 Å². The molecule has 1 aromatic heterocycles. The molecule has 0 saturated carbocycles. The Balaban J connectivity index is 1.34. The molecule has 1 heterocycles. The zero-order chi connectivity index (χ0) is 28.3. The van der Waals surface area contributed by atoms with Crippen LogP contribution in [-0.2, 0) is 17.6 Å². The molecule has 0 saturated heterocycles. The Morgan fingerprint density at radius 3 is 2.48 bits per heavy atom. The maximum Gasteiger partial charge on any atom is 0.275 e. The van der Waals surface area contributed by atoms with E-state index in [1.165, 1.54) is 16.9 Å². The highest BCUT2D eigenvalue weighted by molar-refractivity contribution is 7.10. The van der Waals surface area contributed by atoms with Gasteiger partial charge in [0.25, 0.3) is 5.91 Å². The number of amides is 1. The van der Waals surface area contributed by atoms with Gasteiger partial charge in [-0.3, -0.25) is 9.59 Å². The Bertz CT molecular complexity index is 1410. The van der Waals surface area contributed by atoms with E-state index >= 15 is 0 Å². The number of carbonyl (C=O) groups excluding carboxylic acids is 2. The molecule has 0 aliphatic rings. The smallest absolute Gasteiger partial charge is 0.275 e. The number of Topliss-reactive ketones (excluding diaryl/α,β-unsaturated/α-hetero) is 1. The molecule has 3 aromatic carbocycles. The van der Waals surface area contributed by atoms with Gasteiger partial charge in [0.05, 0.1) is 5.01 Å². The fraction of sp³-hybridized carbons (Fsp3) is 0.324. The zero-order valence-corrected chi connectivity index (χ0v) is 24.9. The molecule has 40 heavy (non-hydrogen) atoms. The first-order valence-corrected chi connectivity index (χ1v) is 15.4. The number of carbonyl (C=O) groups is 2. The van der Waals surface area contributed by atoms with Gasteiger partial charge in [-0.1, -0.05) is 86.5 Å². The van der Waals surface area contributed by atoms with E-state index in [4.69, 9.17) is 16.6 Å². The summed E-state index contributed by atoms with van der Waals surface area (Å²) in [5.74, 6) is 0.325. The molecule has 0 aliphatic heterocycles. The van der Waals surface area contributed by atoms with Crippen molar-refractivity contribution in [3.05, 3.63) is 105 Å². The molecule has 4 nitrogen and oxygen atoms in total. The van der Waals surface area contributed by atoms with Crippen molar-refractivity contribution in [3.63, 3.8) is 0 Å². The van der Waals surface area contributed by atoms with Crippen molar-refractivity contribution < 1.29 is 9.59 Å². The number of anilines is 1. The quantitative estimate of drug-likeness (QED) is 0.164. The molecule has 1 amide bonds. The first-order chi connectivity index (χ1) is 19.5. The van der Waals surface area contributed by atoms with Crippen molar-refractivity contribution in [3.8, 4) is 11.1 Å². The lowest BCUT2D eigenvalue weighted by Crippen LogP contribution is -2.13. The van der Waals surface area contributed by atoms with Crippen LogP contribution in [0.1, 0.15) is 84.9 Å². The molecule has 1 N–H and O–H groups in total. The molecule has 208 valence electrons. The predicted molar refractivity (Wildman–Crippen MR) is 168 cm³/mol. The normalized spacial score (nSPS) is 11.8. The summed E-state index contributed by atoms with van der Waals surface area (Å²) in [4.78, 5) is 30.4. The Kier molecular flexibility index (Phi) is 11.1. The number of nitrogens with zero attached hydrogens (tertiary/aromatic N) is 1. The van der Waals surface area contributed by atoms with Crippen LogP contribution < -0.4 is 5.32 Å². The summed E-state index contributed by atoms with van der Waals surface area (Å²) in [5, 5.41) is 6.61. The van der Waals surface area contributed by atoms with Crippen molar-refractivity contribution >= 4 is 40.3 Å². The van der Waals surface area contributed by atoms with Gasteiger partial charge in [-0.15, -0.1) is 11.3 Å². The standard InChI is InChI=1S/C34H37ClN2O2S/c1-3-9-27(11-8-13-29(38)21-18-25-10-7-12-28(35)22-25)34-37-32(23-40-34)33(39)36-31-15-6-5-14-30(31)26-19-16-24(4-2)17-20-26/h5-7,10,12,14-17,19-20,22-23,27H,3-4,8-9,11,13,18,21H2,1-2H3,(H,36,39). The van der Waals surface area contributed by atoms with Gasteiger partial charge >= 0.3 is 0 Å². The number of aromatic nitrogens is 1. The van der Waals surface area contributed by atoms with E-state index in [9.17, 15) is 9.59 Å². The van der Waals surface area contributed by atoms with Gasteiger partial charge in [-0.25, -0.2) is 4.98 Å². The summed E-state index contributed by atoms with van der Waals surface area (Å²) in [6.07, 6.45) is 6.53. The molecule has 0 radical (unpaired) electrons. The molecule has 1 atom stereocenters. The Hall–Kier alpha value is -3.28. The minimum atomic E-state index is -0.202. The van der Waals surface area contributed by atoms with Gasteiger partial charge in [-0.2, -0.15) is 0 Å². The first kappa shape index (κ1) is 29.7. The fourth-order valence-electron chi connectivity index (χ4n) is 4.92. The summed E-state index contributed by atoms with van der Waals surface area (Å²) in [5.41, 5.74) is 5.64. The summed E-state index contributed by atoms with van der Waals surface area (Å²) < 4.78 is 0. The summed E-state index contributed by atoms with van der Waals surface area (Å²) in [6, 6.07) is 24.0. The molecule has 0 spiro atoms. The zero-order valence-electron chi connectivity index (χ0n) is 23.3. The second-order valence-electron chi connectivity index (χ2n) is 10.2. The van der Waals surface area contributed by atoms with Crippen LogP contribution in [0.4, 0.5) is 5.69 Å². The van der Waals surface area contributed by atoms with Crippen LogP contribution in [0.2, 0.25) is 5.02 Å². The van der Waals surface area contributed by atoms with Crippen LogP contribution in [0.25, 0.3) is 11.1 Å². The first-order valence-electron chi connectivity index (χ1n) is 14.2. The largest absolute Gasteiger partial charge is 0.320 e. The molecule has 0 bridgehead atoms. The number of benzene rings is 3. The van der Waals surface area contributed by atoms with E-state index in [-0.39, 0.29) is 17.6 Å². The van der Waals surface area contributed by atoms with E-state index < -0.39 is 0 Å². The maximum absolute atomic E-state index is 13.2. The Labute approximate surface area is 246 Å². The van der Waals surface area contributed by atoms with Crippen LogP contribution in [0.15, 0.2) is 78.2 Å². The van der Waals surface area contributed by atoms with Gasteiger partial charge in [0.2, 0.25) is 0 Å². The molecule has 4 aromatic rings. The molecule has 0 aliphatic carbocycles. The van der Waals surface area contributed by atoms with Crippen LogP contribution in [0, 0.1) is 0 Å². The molecule has 0 fully saturated rings. The maximum atomic E-state index is 13.2. The topological polar surface area (TPSA) is 59.1 Å². The van der Waals surface area contributed by atoms with E-state index in [1.807, 2.05) is 53.9 Å². The third-order valence-corrected chi connectivity index (χ3v) is 8.42. The fourth-order valence-corrected chi connectivity index (χ4v) is 6.10. The second kappa shape index (κ2) is 14.9. The number of halogens is 1. The van der Waals surface area contributed by atoms with Gasteiger partial charge in [0.1, 0.15) is 11.5 Å². The predicted octanol–water partition coefficient (Wildman–Crippen LogP) is 9.53. The number of hydrogen-bond donors (Lipinski definition) is 1. The number of para-hydroxylation sites is 1. The highest BCUT2D eigenvalue weighted by atomic mass is 35.5. The molecular formula is C34H37ClN2O2S. The summed E-state index contributed by atoms with van der Waals surface area (Å²) in [6.45, 7) is 4.30. The lowest BCUT2D eigenvalue weighted by atomic mass is 9.96. The molecular weight excluding hydrogens is 536 g/mol. The number of aryl methyl sites for hydroxylation is 2. The average Bonchev–Trinajstić information content (AvgIpc) is 3.47. The number of thiazole rings is 1. The summed E-state index contributed by atoms with van der Waals surface area (Å²) >= 11 is 7.59. The third-order valence-electron chi connectivity index (χ3n) is 7.18. The number of ketones is 1. The van der Waals surface area contributed by atoms with E-state index in [0.717, 1.165) is 65.9 Å². The number of hydrogen-bond acceptors (Lipinski definition) is 4. The highest BCUT2D eigenvalue weighted by Gasteiger charge is 2.19. The van der Waals surface area contributed by atoms with Crippen molar-refractivity contribution in [2.75, 3.05) is 5.32 Å². The minimum absolute atomic E-state index is 0.202. The highest BCUT2D eigenvalue weighted by Crippen LogP contribution is 2.31. The van der Waals surface area contributed by atoms with Crippen LogP contribution >= 0.6 is 22.9 Å². The van der Waals surface area contributed by atoms with E-state index in [1.54, 1.807) is 0 Å². The minimum Gasteiger partial charge on any atom is -0.320 e. The SMILES string of the molecule is CCCC(CCCC(=O)CCc1cccc(Cl)c1)c1nc(C(=O)Nc2ccccc2-c2ccc(CC)cc2)cs1. The third kappa shape index (κ3) is 8.36. The summed E-state index contributed by atoms with van der Waals surface area (Å²) in [7, 11) is 0. The second-order valence-corrected chi connectivity index (χ2v) is 11.5. The van der Waals surface area contributed by atoms with Gasteiger partial charge in [0.15, 0.2) is 0 Å². The number of rotatable bonds is 14. The molecule has 4 rings (SSSR count). The van der Waals surface area contributed by atoms with Crippen molar-refractivity contribution in [1.82, 2.24) is 4.98 Å². The van der Waals surface area contributed by atoms with Crippen LogP contribution in [0.3, 0.4) is 0 Å². The van der Waals surface area contributed by atoms with Crippen molar-refractivity contribution in [1.29, 1.82) is 0 Å². The van der Waals surface area contributed by atoms with Crippen molar-refractivity contribution in [2.24, 2.45) is 0 Å². The lowest BCUT2D eigenvalue weighted by Gasteiger charge is -2.13. The van der Waals surface area contributed by atoms with Gasteiger partial charge in [-0.05, 0) is 67.0 Å². The molecule has 6 heteroatoms. The Morgan fingerprint density at radius 1 is 0.925 bits per heavy atom.